The van der Waals surface area contributed by atoms with Gasteiger partial charge in [0.15, 0.2) is 0 Å². The number of H-pyrrole nitrogens is 1. The Morgan fingerprint density at radius 1 is 1.73 bits per heavy atom. The molecule has 0 aliphatic heterocycles. The van der Waals surface area contributed by atoms with Crippen LogP contribution in [0.3, 0.4) is 0 Å². The largest absolute Gasteiger partial charge is 0.478 e. The Bertz CT molecular complexity index is 346. The predicted molar refractivity (Wildman–Crippen MR) is 37.7 cm³/mol. The zero-order valence-corrected chi connectivity index (χ0v) is 6.01. The van der Waals surface area contributed by atoms with Crippen LogP contribution in [0.25, 0.3) is 0 Å². The van der Waals surface area contributed by atoms with Crippen LogP contribution < -0.4 is 5.69 Å². The first-order chi connectivity index (χ1) is 5.11. The molecule has 0 bridgehead atoms. The lowest BCUT2D eigenvalue weighted by atomic mass is 10.3. The van der Waals surface area contributed by atoms with Gasteiger partial charge in [-0.15, -0.1) is 0 Å². The molecule has 0 amide bonds. The van der Waals surface area contributed by atoms with Crippen molar-refractivity contribution in [2.24, 2.45) is 0 Å². The zero-order chi connectivity index (χ0) is 8.43. The summed E-state index contributed by atoms with van der Waals surface area (Å²) in [6, 6.07) is 0. The zero-order valence-electron chi connectivity index (χ0n) is 5.20. The third-order valence-electron chi connectivity index (χ3n) is 1.00. The van der Waals surface area contributed by atoms with Crippen molar-refractivity contribution in [2.45, 2.75) is 5.03 Å². The van der Waals surface area contributed by atoms with Gasteiger partial charge in [-0.05, 0) is 0 Å². The molecule has 1 aromatic heterocycles. The van der Waals surface area contributed by atoms with Gasteiger partial charge in [0.25, 0.3) is 0 Å². The summed E-state index contributed by atoms with van der Waals surface area (Å²) in [6.07, 6.45) is 1.03. The van der Waals surface area contributed by atoms with Crippen molar-refractivity contribution in [3.63, 3.8) is 0 Å². The number of carbonyl (C=O) groups is 1. The van der Waals surface area contributed by atoms with E-state index in [2.05, 4.69) is 22.6 Å². The third kappa shape index (κ3) is 1.53. The third-order valence-corrected chi connectivity index (χ3v) is 1.32. The standard InChI is InChI=1S/C5H3N2O3S/c8-4(9)2-1-6-5(10)7-3(2)11/h1H,(H,8,9)(H,6,7,10). The summed E-state index contributed by atoms with van der Waals surface area (Å²) < 4.78 is 0. The molecule has 57 valence electrons. The number of aromatic nitrogens is 2. The van der Waals surface area contributed by atoms with Crippen LogP contribution in [0, 0.1) is 0 Å². The lowest BCUT2D eigenvalue weighted by Crippen LogP contribution is -2.13. The van der Waals surface area contributed by atoms with Gasteiger partial charge in [0, 0.05) is 6.20 Å². The van der Waals surface area contributed by atoms with E-state index in [0.717, 1.165) is 6.20 Å². The maximum atomic E-state index is 10.4. The van der Waals surface area contributed by atoms with Gasteiger partial charge in [-0.25, -0.2) is 9.59 Å². The molecule has 1 heterocycles. The molecule has 0 spiro atoms. The second kappa shape index (κ2) is 2.67. The highest BCUT2D eigenvalue weighted by Gasteiger charge is 2.08. The van der Waals surface area contributed by atoms with Gasteiger partial charge in [-0.1, -0.05) is 12.6 Å². The number of aromatic carboxylic acids is 1. The van der Waals surface area contributed by atoms with E-state index in [0.29, 0.717) is 0 Å². The monoisotopic (exact) mass is 171 g/mol. The maximum Gasteiger partial charge on any atom is 0.346 e. The molecule has 5 nitrogen and oxygen atoms in total. The summed E-state index contributed by atoms with van der Waals surface area (Å²) in [5.41, 5.74) is -0.806. The van der Waals surface area contributed by atoms with Gasteiger partial charge in [0.1, 0.15) is 10.6 Å². The van der Waals surface area contributed by atoms with Crippen molar-refractivity contribution in [3.05, 3.63) is 22.2 Å². The van der Waals surface area contributed by atoms with Gasteiger partial charge >= 0.3 is 11.7 Å². The fourth-order valence-corrected chi connectivity index (χ4v) is 0.763. The second-order valence-corrected chi connectivity index (χ2v) is 2.12. The number of carboxylic acid groups (broad SMARTS) is 1. The first-order valence-corrected chi connectivity index (χ1v) is 3.02. The van der Waals surface area contributed by atoms with Crippen LogP contribution >= 0.6 is 12.6 Å². The Morgan fingerprint density at radius 2 is 2.36 bits per heavy atom. The molecule has 0 unspecified atom stereocenters. The Balaban J connectivity index is 3.31. The van der Waals surface area contributed by atoms with Gasteiger partial charge in [-0.2, -0.15) is 4.98 Å². The molecule has 0 aliphatic carbocycles. The fraction of sp³-hybridized carbons (Fsp3) is 0. The molecular formula is C5H3N2O3S. The van der Waals surface area contributed by atoms with Crippen molar-refractivity contribution in [1.29, 1.82) is 0 Å². The Kier molecular flexibility index (Phi) is 1.86. The van der Waals surface area contributed by atoms with E-state index in [1.54, 1.807) is 0 Å². The first-order valence-electron chi connectivity index (χ1n) is 2.61. The second-order valence-electron chi connectivity index (χ2n) is 1.73. The van der Waals surface area contributed by atoms with E-state index in [-0.39, 0.29) is 10.6 Å². The average Bonchev–Trinajstić information content (AvgIpc) is 1.85. The predicted octanol–water partition coefficient (Wildman–Crippen LogP) is 0.0245. The number of hydrogen-bond acceptors (Lipinski definition) is 3. The van der Waals surface area contributed by atoms with Crippen LogP contribution in [0.5, 0.6) is 0 Å². The molecule has 0 saturated carbocycles. The lowest BCUT2D eigenvalue weighted by Gasteiger charge is -1.93. The lowest BCUT2D eigenvalue weighted by molar-refractivity contribution is 0.0691. The number of nitrogens with one attached hydrogen (secondary N) is 1. The Hall–Kier alpha value is -1.43. The van der Waals surface area contributed by atoms with Crippen molar-refractivity contribution >= 4 is 18.6 Å². The molecule has 1 rings (SSSR count). The smallest absolute Gasteiger partial charge is 0.346 e. The van der Waals surface area contributed by atoms with Crippen LogP contribution in [0.15, 0.2) is 16.0 Å². The topological polar surface area (TPSA) is 83.0 Å². The highest BCUT2D eigenvalue weighted by Crippen LogP contribution is 2.05. The summed E-state index contributed by atoms with van der Waals surface area (Å²) in [7, 11) is 0. The molecule has 0 atom stereocenters. The minimum Gasteiger partial charge on any atom is -0.478 e. The van der Waals surface area contributed by atoms with E-state index >= 15 is 0 Å². The van der Waals surface area contributed by atoms with Crippen molar-refractivity contribution in [1.82, 2.24) is 9.97 Å². The molecule has 11 heavy (non-hydrogen) atoms. The van der Waals surface area contributed by atoms with Crippen LogP contribution in [0.2, 0.25) is 0 Å². The molecule has 0 fully saturated rings. The Labute approximate surface area is 66.5 Å². The summed E-state index contributed by atoms with van der Waals surface area (Å²) >= 11 is 4.50. The van der Waals surface area contributed by atoms with Gasteiger partial charge in [-0.3, -0.25) is 0 Å². The SMILES string of the molecule is O=C(O)c1c[nH]c(=O)nc1[S]. The highest BCUT2D eigenvalue weighted by atomic mass is 32.1. The maximum absolute atomic E-state index is 10.4. The fourth-order valence-electron chi connectivity index (χ4n) is 0.534. The molecule has 1 aromatic rings. The van der Waals surface area contributed by atoms with Crippen LogP contribution in [-0.4, -0.2) is 21.0 Å². The van der Waals surface area contributed by atoms with E-state index < -0.39 is 11.7 Å². The summed E-state index contributed by atoms with van der Waals surface area (Å²) in [6.45, 7) is 0. The average molecular weight is 171 g/mol. The van der Waals surface area contributed by atoms with Crippen molar-refractivity contribution < 1.29 is 9.90 Å². The minimum absolute atomic E-state index is 0.167. The van der Waals surface area contributed by atoms with Crippen molar-refractivity contribution in [3.8, 4) is 0 Å². The molecular weight excluding hydrogens is 168 g/mol. The van der Waals surface area contributed by atoms with Gasteiger partial charge < -0.3 is 10.1 Å². The van der Waals surface area contributed by atoms with Crippen LogP contribution in [-0.2, 0) is 0 Å². The number of carboxylic acids is 1. The quantitative estimate of drug-likeness (QED) is 0.583. The van der Waals surface area contributed by atoms with E-state index in [4.69, 9.17) is 5.11 Å². The van der Waals surface area contributed by atoms with E-state index in [1.807, 2.05) is 0 Å². The molecule has 1 radical (unpaired) electrons. The molecule has 0 saturated heterocycles. The first kappa shape index (κ1) is 7.67. The van der Waals surface area contributed by atoms with E-state index in [1.165, 1.54) is 0 Å². The Morgan fingerprint density at radius 3 is 2.82 bits per heavy atom. The van der Waals surface area contributed by atoms with Crippen LogP contribution in [0.1, 0.15) is 10.4 Å². The molecule has 0 aliphatic rings. The van der Waals surface area contributed by atoms with Crippen LogP contribution in [0.4, 0.5) is 0 Å². The number of rotatable bonds is 1. The molecule has 0 aromatic carbocycles. The number of aromatic amines is 1. The number of hydrogen-bond donors (Lipinski definition) is 2. The minimum atomic E-state index is -1.20. The van der Waals surface area contributed by atoms with Gasteiger partial charge in [0.05, 0.1) is 0 Å². The number of nitrogens with zero attached hydrogens (tertiary/aromatic N) is 1. The highest BCUT2D eigenvalue weighted by molar-refractivity contribution is 7.80. The van der Waals surface area contributed by atoms with Gasteiger partial charge in [0.2, 0.25) is 0 Å². The normalized spacial score (nSPS) is 9.45. The summed E-state index contributed by atoms with van der Waals surface area (Å²) in [5, 5.41) is 8.23. The molecule has 6 heteroatoms. The summed E-state index contributed by atoms with van der Waals surface area (Å²) in [4.78, 5) is 26.1. The van der Waals surface area contributed by atoms with E-state index in [9.17, 15) is 9.59 Å². The molecule has 2 N–H and O–H groups in total. The summed E-state index contributed by atoms with van der Waals surface area (Å²) in [5.74, 6) is -1.20. The van der Waals surface area contributed by atoms with Crippen molar-refractivity contribution in [2.75, 3.05) is 0 Å².